The molecule has 0 aliphatic heterocycles. The molecule has 0 bridgehead atoms. The van der Waals surface area contributed by atoms with Gasteiger partial charge in [-0.15, -0.1) is 0 Å². The smallest absolute Gasteiger partial charge is 0.0463 e. The topological polar surface area (TPSA) is 38.0 Å². The van der Waals surface area contributed by atoms with E-state index < -0.39 is 0 Å². The highest BCUT2D eigenvalue weighted by Gasteiger charge is 2.04. The summed E-state index contributed by atoms with van der Waals surface area (Å²) in [4.78, 5) is 0. The van der Waals surface area contributed by atoms with Crippen molar-refractivity contribution in [2.45, 2.75) is 0 Å². The molecule has 0 amide bonds. The summed E-state index contributed by atoms with van der Waals surface area (Å²) >= 11 is 0. The monoisotopic (exact) mass is 260 g/mol. The number of nitrogens with one attached hydrogen (secondary N) is 1. The molecule has 0 atom stereocenters. The molecule has 0 fully saturated rings. The molecule has 0 heterocycles. The maximum absolute atomic E-state index is 5.71. The van der Waals surface area contributed by atoms with Crippen LogP contribution in [0, 0.1) is 0 Å². The molecule has 2 nitrogen and oxygen atoms in total. The summed E-state index contributed by atoms with van der Waals surface area (Å²) in [5.74, 6) is 0. The molecule has 2 heteroatoms. The van der Waals surface area contributed by atoms with Gasteiger partial charge in [0.25, 0.3) is 0 Å². The van der Waals surface area contributed by atoms with Crippen molar-refractivity contribution in [3.63, 3.8) is 0 Å². The van der Waals surface area contributed by atoms with Crippen molar-refractivity contribution in [3.8, 4) is 11.1 Å². The average Bonchev–Trinajstić information content (AvgIpc) is 2.51. The standard InChI is InChI=1S/C18H16N2/c19-15-10-12-16(13-11-15)20-18-9-5-4-8-17(18)14-6-2-1-3-7-14/h1-13,20H,19H2. The van der Waals surface area contributed by atoms with Crippen LogP contribution in [0.5, 0.6) is 0 Å². The second-order valence-corrected chi connectivity index (χ2v) is 4.66. The van der Waals surface area contributed by atoms with Gasteiger partial charge in [0.1, 0.15) is 0 Å². The highest BCUT2D eigenvalue weighted by atomic mass is 14.9. The van der Waals surface area contributed by atoms with Gasteiger partial charge in [0.15, 0.2) is 0 Å². The molecule has 3 aromatic carbocycles. The molecule has 0 saturated heterocycles. The fourth-order valence-corrected chi connectivity index (χ4v) is 2.18. The Morgan fingerprint density at radius 2 is 1.30 bits per heavy atom. The zero-order valence-electron chi connectivity index (χ0n) is 11.1. The van der Waals surface area contributed by atoms with E-state index in [1.54, 1.807) is 0 Å². The number of nitrogens with two attached hydrogens (primary N) is 1. The Morgan fingerprint density at radius 1 is 0.650 bits per heavy atom. The summed E-state index contributed by atoms with van der Waals surface area (Å²) in [5, 5.41) is 3.44. The lowest BCUT2D eigenvalue weighted by Crippen LogP contribution is -1.93. The van der Waals surface area contributed by atoms with E-state index in [1.807, 2.05) is 36.4 Å². The first-order valence-corrected chi connectivity index (χ1v) is 6.60. The van der Waals surface area contributed by atoms with Crippen LogP contribution in [-0.4, -0.2) is 0 Å². The first-order valence-electron chi connectivity index (χ1n) is 6.60. The number of nitrogen functional groups attached to an aromatic ring is 1. The maximum atomic E-state index is 5.71. The Hall–Kier alpha value is -2.74. The zero-order valence-corrected chi connectivity index (χ0v) is 11.1. The molecule has 3 aromatic rings. The molecule has 0 aromatic heterocycles. The van der Waals surface area contributed by atoms with Crippen LogP contribution < -0.4 is 11.1 Å². The minimum absolute atomic E-state index is 0.770. The lowest BCUT2D eigenvalue weighted by atomic mass is 10.0. The van der Waals surface area contributed by atoms with Gasteiger partial charge in [0.05, 0.1) is 0 Å². The quantitative estimate of drug-likeness (QED) is 0.671. The van der Waals surface area contributed by atoms with E-state index in [4.69, 9.17) is 5.73 Å². The van der Waals surface area contributed by atoms with Crippen molar-refractivity contribution in [1.29, 1.82) is 0 Å². The fraction of sp³-hybridized carbons (Fsp3) is 0. The molecule has 0 spiro atoms. The molecular weight excluding hydrogens is 244 g/mol. The summed E-state index contributed by atoms with van der Waals surface area (Å²) in [6.45, 7) is 0. The SMILES string of the molecule is Nc1ccc(Nc2ccccc2-c2ccccc2)cc1. The van der Waals surface area contributed by atoms with E-state index in [2.05, 4.69) is 47.8 Å². The Kier molecular flexibility index (Phi) is 3.38. The average molecular weight is 260 g/mol. The zero-order chi connectivity index (χ0) is 13.8. The molecule has 0 saturated carbocycles. The predicted molar refractivity (Wildman–Crippen MR) is 86.0 cm³/mol. The van der Waals surface area contributed by atoms with Gasteiger partial charge in [-0.05, 0) is 35.9 Å². The van der Waals surface area contributed by atoms with Crippen molar-refractivity contribution >= 4 is 17.1 Å². The minimum Gasteiger partial charge on any atom is -0.399 e. The third-order valence-electron chi connectivity index (χ3n) is 3.20. The van der Waals surface area contributed by atoms with Crippen LogP contribution in [0.1, 0.15) is 0 Å². The van der Waals surface area contributed by atoms with E-state index in [9.17, 15) is 0 Å². The van der Waals surface area contributed by atoms with Gasteiger partial charge >= 0.3 is 0 Å². The molecule has 20 heavy (non-hydrogen) atoms. The van der Waals surface area contributed by atoms with E-state index >= 15 is 0 Å². The van der Waals surface area contributed by atoms with Crippen LogP contribution in [0.25, 0.3) is 11.1 Å². The van der Waals surface area contributed by atoms with E-state index in [0.717, 1.165) is 17.1 Å². The van der Waals surface area contributed by atoms with Crippen molar-refractivity contribution < 1.29 is 0 Å². The van der Waals surface area contributed by atoms with Gasteiger partial charge in [-0.1, -0.05) is 48.5 Å². The van der Waals surface area contributed by atoms with Crippen molar-refractivity contribution in [1.82, 2.24) is 0 Å². The minimum atomic E-state index is 0.770. The second kappa shape index (κ2) is 5.49. The molecule has 0 unspecified atom stereocenters. The van der Waals surface area contributed by atoms with Gasteiger partial charge in [0.2, 0.25) is 0 Å². The first-order chi connectivity index (χ1) is 9.83. The van der Waals surface area contributed by atoms with Crippen LogP contribution in [0.2, 0.25) is 0 Å². The van der Waals surface area contributed by atoms with Crippen LogP contribution in [0.3, 0.4) is 0 Å². The number of para-hydroxylation sites is 1. The highest BCUT2D eigenvalue weighted by molar-refractivity contribution is 5.81. The van der Waals surface area contributed by atoms with Gasteiger partial charge in [0, 0.05) is 22.6 Å². The number of anilines is 3. The van der Waals surface area contributed by atoms with Crippen molar-refractivity contribution in [3.05, 3.63) is 78.9 Å². The summed E-state index contributed by atoms with van der Waals surface area (Å²) < 4.78 is 0. The predicted octanol–water partition coefficient (Wildman–Crippen LogP) is 4.68. The van der Waals surface area contributed by atoms with Crippen molar-refractivity contribution in [2.75, 3.05) is 11.1 Å². The molecule has 0 aliphatic rings. The summed E-state index contributed by atoms with van der Waals surface area (Å²) in [6, 6.07) is 26.4. The van der Waals surface area contributed by atoms with Crippen LogP contribution >= 0.6 is 0 Å². The second-order valence-electron chi connectivity index (χ2n) is 4.66. The highest BCUT2D eigenvalue weighted by Crippen LogP contribution is 2.30. The Labute approximate surface area is 118 Å². The van der Waals surface area contributed by atoms with Crippen LogP contribution in [-0.2, 0) is 0 Å². The molecule has 3 N–H and O–H groups in total. The summed E-state index contributed by atoms with van der Waals surface area (Å²) in [6.07, 6.45) is 0. The van der Waals surface area contributed by atoms with Gasteiger partial charge in [-0.25, -0.2) is 0 Å². The number of hydrogen-bond donors (Lipinski definition) is 2. The van der Waals surface area contributed by atoms with Crippen LogP contribution in [0.4, 0.5) is 17.1 Å². The number of hydrogen-bond acceptors (Lipinski definition) is 2. The number of rotatable bonds is 3. The van der Waals surface area contributed by atoms with E-state index in [1.165, 1.54) is 11.1 Å². The molecule has 0 radical (unpaired) electrons. The first kappa shape index (κ1) is 12.3. The summed E-state index contributed by atoms with van der Waals surface area (Å²) in [5.41, 5.74) is 11.0. The Bertz CT molecular complexity index is 688. The van der Waals surface area contributed by atoms with E-state index in [0.29, 0.717) is 0 Å². The lowest BCUT2D eigenvalue weighted by Gasteiger charge is -2.12. The van der Waals surface area contributed by atoms with Gasteiger partial charge < -0.3 is 11.1 Å². The number of benzene rings is 3. The Morgan fingerprint density at radius 3 is 2.05 bits per heavy atom. The lowest BCUT2D eigenvalue weighted by molar-refractivity contribution is 1.53. The molecule has 98 valence electrons. The third-order valence-corrected chi connectivity index (χ3v) is 3.20. The molecule has 0 aliphatic carbocycles. The fourth-order valence-electron chi connectivity index (χ4n) is 2.18. The normalized spacial score (nSPS) is 10.2. The Balaban J connectivity index is 1.96. The summed E-state index contributed by atoms with van der Waals surface area (Å²) in [7, 11) is 0. The molecule has 3 rings (SSSR count). The van der Waals surface area contributed by atoms with E-state index in [-0.39, 0.29) is 0 Å². The molecular formula is C18H16N2. The third kappa shape index (κ3) is 2.64. The van der Waals surface area contributed by atoms with Crippen molar-refractivity contribution in [2.24, 2.45) is 0 Å². The maximum Gasteiger partial charge on any atom is 0.0463 e. The van der Waals surface area contributed by atoms with Crippen LogP contribution in [0.15, 0.2) is 78.9 Å². The van der Waals surface area contributed by atoms with Gasteiger partial charge in [-0.3, -0.25) is 0 Å². The van der Waals surface area contributed by atoms with Gasteiger partial charge in [-0.2, -0.15) is 0 Å². The largest absolute Gasteiger partial charge is 0.399 e.